The van der Waals surface area contributed by atoms with E-state index in [1.54, 1.807) is 30.3 Å². The molecule has 0 amide bonds. The summed E-state index contributed by atoms with van der Waals surface area (Å²) in [6, 6.07) is 8.78. The Morgan fingerprint density at radius 2 is 1.55 bits per heavy atom. The lowest BCUT2D eigenvalue weighted by Crippen LogP contribution is -2.66. The second-order valence-corrected chi connectivity index (χ2v) is 9.64. The maximum atomic E-state index is 13.7. The highest BCUT2D eigenvalue weighted by Gasteiger charge is 2.92. The number of rotatable bonds is 3. The molecule has 9 heteroatoms. The predicted molar refractivity (Wildman–Crippen MR) is 109 cm³/mol. The molecule has 2 saturated heterocycles. The van der Waals surface area contributed by atoms with Gasteiger partial charge in [0.1, 0.15) is 0 Å². The smallest absolute Gasteiger partial charge is 0.334 e. The van der Waals surface area contributed by atoms with E-state index in [2.05, 4.69) is 0 Å². The molecule has 2 heterocycles. The molecular formula is C24H24O9. The van der Waals surface area contributed by atoms with Gasteiger partial charge in [-0.3, -0.25) is 14.4 Å². The van der Waals surface area contributed by atoms with Crippen molar-refractivity contribution in [3.63, 3.8) is 0 Å². The molecule has 1 aromatic rings. The number of carbonyl (C=O) groups excluding carboxylic acids is 4. The Hall–Kier alpha value is -3.04. The van der Waals surface area contributed by atoms with E-state index >= 15 is 0 Å². The van der Waals surface area contributed by atoms with Gasteiger partial charge in [0.25, 0.3) is 0 Å². The lowest BCUT2D eigenvalue weighted by molar-refractivity contribution is -0.344. The topological polar surface area (TPSA) is 114 Å². The van der Waals surface area contributed by atoms with Crippen LogP contribution in [0.25, 0.3) is 0 Å². The normalized spacial score (nSPS) is 35.1. The molecule has 0 unspecified atom stereocenters. The fraction of sp³-hybridized carbons (Fsp3) is 0.500. The number of ether oxygens (including phenoxy) is 5. The van der Waals surface area contributed by atoms with Crippen LogP contribution in [-0.2, 0) is 48.3 Å². The molecule has 174 valence electrons. The number of methoxy groups -OCH3 is 2. The Bertz CT molecular complexity index is 1090. The summed E-state index contributed by atoms with van der Waals surface area (Å²) in [6.45, 7) is 4.13. The van der Waals surface area contributed by atoms with E-state index < -0.39 is 57.7 Å². The number of carbonyl (C=O) groups is 4. The Labute approximate surface area is 190 Å². The van der Waals surface area contributed by atoms with E-state index in [0.29, 0.717) is 5.56 Å². The fourth-order valence-corrected chi connectivity index (χ4v) is 6.15. The summed E-state index contributed by atoms with van der Waals surface area (Å²) in [6.07, 6.45) is 1.49. The van der Waals surface area contributed by atoms with Crippen LogP contribution in [0.1, 0.15) is 19.4 Å². The number of hydrogen-bond donors (Lipinski definition) is 0. The monoisotopic (exact) mass is 456 g/mol. The number of fused-ring (bicyclic) bond motifs is 3. The molecule has 0 radical (unpaired) electrons. The van der Waals surface area contributed by atoms with Gasteiger partial charge in [-0.15, -0.1) is 0 Å². The zero-order valence-corrected chi connectivity index (χ0v) is 18.7. The molecule has 4 aliphatic rings. The van der Waals surface area contributed by atoms with Crippen molar-refractivity contribution in [3.8, 4) is 0 Å². The maximum Gasteiger partial charge on any atom is 0.334 e. The van der Waals surface area contributed by atoms with Crippen molar-refractivity contribution in [2.75, 3.05) is 27.4 Å². The highest BCUT2D eigenvalue weighted by Crippen LogP contribution is 2.76. The van der Waals surface area contributed by atoms with Crippen LogP contribution < -0.4 is 0 Å². The summed E-state index contributed by atoms with van der Waals surface area (Å²) < 4.78 is 28.1. The number of hydrogen-bond acceptors (Lipinski definition) is 9. The van der Waals surface area contributed by atoms with Crippen LogP contribution in [-0.4, -0.2) is 57.1 Å². The van der Waals surface area contributed by atoms with Gasteiger partial charge in [0.15, 0.2) is 5.41 Å². The lowest BCUT2D eigenvalue weighted by Gasteiger charge is -2.52. The van der Waals surface area contributed by atoms with Crippen molar-refractivity contribution in [1.29, 1.82) is 0 Å². The Morgan fingerprint density at radius 1 is 0.939 bits per heavy atom. The summed E-state index contributed by atoms with van der Waals surface area (Å²) in [4.78, 5) is 53.0. The van der Waals surface area contributed by atoms with E-state index in [4.69, 9.17) is 23.7 Å². The van der Waals surface area contributed by atoms with Crippen LogP contribution in [0, 0.1) is 22.7 Å². The van der Waals surface area contributed by atoms with Crippen LogP contribution >= 0.6 is 0 Å². The van der Waals surface area contributed by atoms with Gasteiger partial charge in [0.2, 0.25) is 5.79 Å². The highest BCUT2D eigenvalue weighted by atomic mass is 16.7. The van der Waals surface area contributed by atoms with E-state index in [-0.39, 0.29) is 18.8 Å². The Balaban J connectivity index is 1.92. The summed E-state index contributed by atoms with van der Waals surface area (Å²) in [5.74, 6) is -7.98. The first-order chi connectivity index (χ1) is 15.6. The molecular weight excluding hydrogens is 432 g/mol. The zero-order valence-electron chi connectivity index (χ0n) is 18.7. The van der Waals surface area contributed by atoms with E-state index in [0.717, 1.165) is 7.11 Å². The average molecular weight is 456 g/mol. The average Bonchev–Trinajstić information content (AvgIpc) is 3.34. The van der Waals surface area contributed by atoms with Gasteiger partial charge < -0.3 is 23.7 Å². The molecule has 2 aliphatic heterocycles. The molecule has 1 saturated carbocycles. The molecule has 1 spiro atoms. The first kappa shape index (κ1) is 21.8. The van der Waals surface area contributed by atoms with Crippen LogP contribution in [0.3, 0.4) is 0 Å². The molecule has 4 atom stereocenters. The summed E-state index contributed by atoms with van der Waals surface area (Å²) in [5, 5.41) is 0. The van der Waals surface area contributed by atoms with E-state index in [1.807, 2.05) is 13.8 Å². The first-order valence-corrected chi connectivity index (χ1v) is 10.6. The largest absolute Gasteiger partial charge is 0.468 e. The van der Waals surface area contributed by atoms with Crippen molar-refractivity contribution in [3.05, 3.63) is 47.5 Å². The van der Waals surface area contributed by atoms with Crippen molar-refractivity contribution < 1.29 is 42.9 Å². The number of cyclic esters (lactones) is 2. The molecule has 5 rings (SSSR count). The summed E-state index contributed by atoms with van der Waals surface area (Å²) in [5.41, 5.74) is -3.65. The minimum Gasteiger partial charge on any atom is -0.468 e. The maximum absolute atomic E-state index is 13.7. The van der Waals surface area contributed by atoms with Crippen molar-refractivity contribution in [1.82, 2.24) is 0 Å². The van der Waals surface area contributed by atoms with Crippen LogP contribution in [0.5, 0.6) is 0 Å². The van der Waals surface area contributed by atoms with Crippen molar-refractivity contribution in [2.45, 2.75) is 25.0 Å². The van der Waals surface area contributed by atoms with Gasteiger partial charge in [-0.2, -0.15) is 0 Å². The molecule has 0 aromatic heterocycles. The summed E-state index contributed by atoms with van der Waals surface area (Å²) in [7, 11) is 2.31. The SMILES string of the molecule is COC(=O)C1=C[C@@]2(c3ccccc3)[C@H]3C(=O)OC(=O)[C@H]3[C@]1(C(=O)OC)C21OCC(C)(C)CO1. The second kappa shape index (κ2) is 6.74. The number of benzene rings is 1. The molecule has 2 aliphatic carbocycles. The molecule has 33 heavy (non-hydrogen) atoms. The Morgan fingerprint density at radius 3 is 2.12 bits per heavy atom. The lowest BCUT2D eigenvalue weighted by atomic mass is 9.66. The number of esters is 4. The van der Waals surface area contributed by atoms with Crippen LogP contribution in [0.4, 0.5) is 0 Å². The van der Waals surface area contributed by atoms with Gasteiger partial charge >= 0.3 is 23.9 Å². The standard InChI is InChI=1S/C24H24O9/c1-21(2)11-31-24(32-12-21)22(13-8-6-5-7-9-13)10-14(17(25)29-3)23(24,20(28)30-4)16-15(22)18(26)33-19(16)27/h5-10,15-16H,11-12H2,1-4H3/t15-,16+,22-,23-/m1/s1. The van der Waals surface area contributed by atoms with E-state index in [1.165, 1.54) is 13.2 Å². The third kappa shape index (κ3) is 2.29. The van der Waals surface area contributed by atoms with Gasteiger partial charge in [0, 0.05) is 5.41 Å². The van der Waals surface area contributed by atoms with Gasteiger partial charge in [0.05, 0.1) is 50.3 Å². The third-order valence-electron chi connectivity index (χ3n) is 7.36. The molecule has 1 aromatic carbocycles. The van der Waals surface area contributed by atoms with Crippen molar-refractivity contribution >= 4 is 23.9 Å². The minimum absolute atomic E-state index is 0.144. The third-order valence-corrected chi connectivity index (χ3v) is 7.36. The molecule has 0 N–H and O–H groups in total. The molecule has 3 fully saturated rings. The first-order valence-electron chi connectivity index (χ1n) is 10.6. The van der Waals surface area contributed by atoms with Gasteiger partial charge in [-0.25, -0.2) is 4.79 Å². The summed E-state index contributed by atoms with van der Waals surface area (Å²) >= 11 is 0. The fourth-order valence-electron chi connectivity index (χ4n) is 6.15. The second-order valence-electron chi connectivity index (χ2n) is 9.64. The highest BCUT2D eigenvalue weighted by molar-refractivity contribution is 6.11. The van der Waals surface area contributed by atoms with Crippen LogP contribution in [0.2, 0.25) is 0 Å². The van der Waals surface area contributed by atoms with Gasteiger partial charge in [-0.05, 0) is 5.56 Å². The molecule has 9 nitrogen and oxygen atoms in total. The molecule has 2 bridgehead atoms. The quantitative estimate of drug-likeness (QED) is 0.377. The van der Waals surface area contributed by atoms with Crippen LogP contribution in [0.15, 0.2) is 42.0 Å². The van der Waals surface area contributed by atoms with Gasteiger partial charge in [-0.1, -0.05) is 50.3 Å². The minimum atomic E-state index is -2.10. The Kier molecular flexibility index (Phi) is 4.45. The van der Waals surface area contributed by atoms with Crippen molar-refractivity contribution in [2.24, 2.45) is 22.7 Å². The predicted octanol–water partition coefficient (Wildman–Crippen LogP) is 1.30. The zero-order chi connectivity index (χ0) is 23.8. The van der Waals surface area contributed by atoms with E-state index in [9.17, 15) is 19.2 Å².